The van der Waals surface area contributed by atoms with E-state index in [0.717, 1.165) is 25.7 Å². The highest BCUT2D eigenvalue weighted by atomic mass is 79.9. The van der Waals surface area contributed by atoms with Crippen molar-refractivity contribution in [1.29, 1.82) is 0 Å². The second-order valence-corrected chi connectivity index (χ2v) is 11.2. The Morgan fingerprint density at radius 3 is 2.64 bits per heavy atom. The number of aromatic nitrogens is 2. The van der Waals surface area contributed by atoms with Crippen LogP contribution >= 0.6 is 31.9 Å². The summed E-state index contributed by atoms with van der Waals surface area (Å²) in [6.45, 7) is 2.02. The molecule has 1 saturated carbocycles. The highest BCUT2D eigenvalue weighted by Gasteiger charge is 2.24. The molecule has 39 heavy (non-hydrogen) atoms. The summed E-state index contributed by atoms with van der Waals surface area (Å²) in [6, 6.07) is 9.14. The molecule has 0 N–H and O–H groups in total. The monoisotopic (exact) mass is 660 g/mol. The first kappa shape index (κ1) is 27.8. The number of hydrogen-bond donors (Lipinski definition) is 0. The van der Waals surface area contributed by atoms with Gasteiger partial charge in [-0.15, -0.1) is 0 Å². The van der Waals surface area contributed by atoms with Crippen LogP contribution in [0.4, 0.5) is 0 Å². The predicted octanol–water partition coefficient (Wildman–Crippen LogP) is 5.10. The lowest BCUT2D eigenvalue weighted by molar-refractivity contribution is -0.137. The number of halogens is 2. The van der Waals surface area contributed by atoms with E-state index < -0.39 is 0 Å². The van der Waals surface area contributed by atoms with Crippen LogP contribution in [0.2, 0.25) is 0 Å². The van der Waals surface area contributed by atoms with Crippen molar-refractivity contribution in [2.45, 2.75) is 38.0 Å². The average Bonchev–Trinajstić information content (AvgIpc) is 2.98. The van der Waals surface area contributed by atoms with Gasteiger partial charge in [0.1, 0.15) is 5.82 Å². The molecule has 2 fully saturated rings. The lowest BCUT2D eigenvalue weighted by Gasteiger charge is -2.27. The van der Waals surface area contributed by atoms with Crippen LogP contribution < -0.4 is 15.0 Å². The Labute approximate surface area is 243 Å². The highest BCUT2D eigenvalue weighted by molar-refractivity contribution is 9.13. The van der Waals surface area contributed by atoms with Gasteiger partial charge in [-0.25, -0.2) is 4.98 Å². The summed E-state index contributed by atoms with van der Waals surface area (Å²) in [5.41, 5.74) is 1.16. The normalized spacial score (nSPS) is 16.6. The van der Waals surface area contributed by atoms with Gasteiger partial charge in [0.15, 0.2) is 18.1 Å². The first-order valence-corrected chi connectivity index (χ1v) is 14.7. The molecule has 2 aliphatic rings. The average molecular weight is 662 g/mol. The Hall–Kier alpha value is -2.76. The summed E-state index contributed by atoms with van der Waals surface area (Å²) < 4.78 is 19.5. The van der Waals surface area contributed by atoms with E-state index in [9.17, 15) is 9.59 Å². The quantitative estimate of drug-likeness (QED) is 0.327. The second-order valence-electron chi connectivity index (χ2n) is 9.59. The number of morpholine rings is 1. The van der Waals surface area contributed by atoms with Gasteiger partial charge in [0.25, 0.3) is 11.5 Å². The van der Waals surface area contributed by atoms with E-state index in [2.05, 4.69) is 37.0 Å². The zero-order chi connectivity index (χ0) is 27.4. The molecule has 0 atom stereocenters. The van der Waals surface area contributed by atoms with Crippen molar-refractivity contribution in [3.05, 3.63) is 61.0 Å². The van der Waals surface area contributed by atoms with Crippen LogP contribution in [0.1, 0.15) is 49.4 Å². The van der Waals surface area contributed by atoms with Gasteiger partial charge in [0, 0.05) is 29.0 Å². The fourth-order valence-corrected chi connectivity index (χ4v) is 5.96. The number of nitrogens with zero attached hydrogens (tertiary/aromatic N) is 4. The molecule has 206 valence electrons. The van der Waals surface area contributed by atoms with Crippen molar-refractivity contribution >= 4 is 54.9 Å². The molecule has 1 aliphatic heterocycles. The summed E-state index contributed by atoms with van der Waals surface area (Å²) >= 11 is 7.20. The van der Waals surface area contributed by atoms with Crippen molar-refractivity contribution < 1.29 is 19.0 Å². The standard InChI is InChI=1S/C28H30Br2N4O5/c1-37-22-15-19(24(29)25(30)26(22)39-17-23(35)33-11-13-38-14-12-33)16-31-34-27(18-7-3-2-4-8-18)32-21-10-6-5-9-20(21)28(34)36/h5-6,9-10,15-16,18H,2-4,7-8,11-14,17H2,1H3. The Morgan fingerprint density at radius 1 is 1.15 bits per heavy atom. The third-order valence-corrected chi connectivity index (χ3v) is 9.28. The summed E-state index contributed by atoms with van der Waals surface area (Å²) in [5, 5.41) is 5.17. The molecule has 2 aromatic carbocycles. The third kappa shape index (κ3) is 6.05. The number of ether oxygens (including phenoxy) is 3. The van der Waals surface area contributed by atoms with Crippen LogP contribution in [-0.2, 0) is 9.53 Å². The Bertz CT molecular complexity index is 1450. The number of carbonyl (C=O) groups is 1. The molecular formula is C28H30Br2N4O5. The Morgan fingerprint density at radius 2 is 1.90 bits per heavy atom. The minimum atomic E-state index is -0.193. The lowest BCUT2D eigenvalue weighted by Crippen LogP contribution is -2.43. The SMILES string of the molecule is COc1cc(C=Nn2c(C3CCCCC3)nc3ccccc3c2=O)c(Br)c(Br)c1OCC(=O)N1CCOCC1. The van der Waals surface area contributed by atoms with E-state index in [4.69, 9.17) is 19.2 Å². The van der Waals surface area contributed by atoms with Crippen LogP contribution in [0, 0.1) is 0 Å². The molecular weight excluding hydrogens is 632 g/mol. The molecule has 0 radical (unpaired) electrons. The largest absolute Gasteiger partial charge is 0.493 e. The molecule has 3 aromatic rings. The number of methoxy groups -OCH3 is 1. The van der Waals surface area contributed by atoms with Gasteiger partial charge in [0.05, 0.1) is 41.9 Å². The molecule has 9 nitrogen and oxygen atoms in total. The van der Waals surface area contributed by atoms with Gasteiger partial charge in [0.2, 0.25) is 0 Å². The van der Waals surface area contributed by atoms with E-state index in [1.807, 2.05) is 18.2 Å². The number of carbonyl (C=O) groups excluding carboxylic acids is 1. The second kappa shape index (κ2) is 12.6. The summed E-state index contributed by atoms with van der Waals surface area (Å²) in [5.74, 6) is 1.58. The van der Waals surface area contributed by atoms with Crippen molar-refractivity contribution in [3.63, 3.8) is 0 Å². The van der Waals surface area contributed by atoms with Crippen molar-refractivity contribution in [2.75, 3.05) is 40.0 Å². The molecule has 1 aromatic heterocycles. The number of rotatable bonds is 7. The van der Waals surface area contributed by atoms with Crippen LogP contribution in [0.3, 0.4) is 0 Å². The van der Waals surface area contributed by atoms with Crippen molar-refractivity contribution in [2.24, 2.45) is 5.10 Å². The number of fused-ring (bicyclic) bond motifs is 1. The van der Waals surface area contributed by atoms with Crippen LogP contribution in [0.25, 0.3) is 10.9 Å². The lowest BCUT2D eigenvalue weighted by atomic mass is 9.88. The van der Waals surface area contributed by atoms with Gasteiger partial charge in [-0.05, 0) is 62.9 Å². The van der Waals surface area contributed by atoms with Crippen LogP contribution in [-0.4, -0.2) is 66.7 Å². The van der Waals surface area contributed by atoms with Crippen molar-refractivity contribution in [1.82, 2.24) is 14.6 Å². The van der Waals surface area contributed by atoms with Crippen molar-refractivity contribution in [3.8, 4) is 11.5 Å². The molecule has 0 spiro atoms. The zero-order valence-corrected chi connectivity index (χ0v) is 24.9. The minimum Gasteiger partial charge on any atom is -0.493 e. The first-order valence-electron chi connectivity index (χ1n) is 13.1. The van der Waals surface area contributed by atoms with E-state index in [1.54, 1.807) is 23.2 Å². The first-order chi connectivity index (χ1) is 19.0. The van der Waals surface area contributed by atoms with Gasteiger partial charge in [-0.2, -0.15) is 9.78 Å². The van der Waals surface area contributed by atoms with Gasteiger partial charge < -0.3 is 19.1 Å². The Balaban J connectivity index is 1.46. The minimum absolute atomic E-state index is 0.118. The molecule has 1 saturated heterocycles. The molecule has 1 amide bonds. The maximum atomic E-state index is 13.5. The fourth-order valence-electron chi connectivity index (χ4n) is 5.02. The van der Waals surface area contributed by atoms with E-state index in [-0.39, 0.29) is 24.0 Å². The number of hydrogen-bond acceptors (Lipinski definition) is 7. The summed E-state index contributed by atoms with van der Waals surface area (Å²) in [6.07, 6.45) is 7.01. The Kier molecular flexibility index (Phi) is 8.99. The van der Waals surface area contributed by atoms with E-state index in [1.165, 1.54) is 18.2 Å². The van der Waals surface area contributed by atoms with Gasteiger partial charge in [-0.3, -0.25) is 9.59 Å². The van der Waals surface area contributed by atoms with Gasteiger partial charge in [-0.1, -0.05) is 31.4 Å². The van der Waals surface area contributed by atoms with E-state index in [0.29, 0.717) is 69.0 Å². The summed E-state index contributed by atoms with van der Waals surface area (Å²) in [7, 11) is 1.53. The van der Waals surface area contributed by atoms with Crippen LogP contribution in [0.15, 0.2) is 49.2 Å². The molecule has 5 rings (SSSR count). The predicted molar refractivity (Wildman–Crippen MR) is 156 cm³/mol. The number of benzene rings is 2. The molecule has 2 heterocycles. The maximum absolute atomic E-state index is 13.5. The number of para-hydroxylation sites is 1. The highest BCUT2D eigenvalue weighted by Crippen LogP contribution is 2.42. The summed E-state index contributed by atoms with van der Waals surface area (Å²) in [4.78, 5) is 32.7. The number of amides is 1. The zero-order valence-electron chi connectivity index (χ0n) is 21.7. The fraction of sp³-hybridized carbons (Fsp3) is 0.429. The molecule has 1 aliphatic carbocycles. The van der Waals surface area contributed by atoms with Crippen LogP contribution in [0.5, 0.6) is 11.5 Å². The van der Waals surface area contributed by atoms with Gasteiger partial charge >= 0.3 is 0 Å². The smallest absolute Gasteiger partial charge is 0.282 e. The molecule has 0 bridgehead atoms. The maximum Gasteiger partial charge on any atom is 0.282 e. The molecule has 0 unspecified atom stereocenters. The van der Waals surface area contributed by atoms with E-state index >= 15 is 0 Å². The topological polar surface area (TPSA) is 95.2 Å². The molecule has 11 heteroatoms. The third-order valence-electron chi connectivity index (χ3n) is 7.14.